The Balaban J connectivity index is 2.70. The van der Waals surface area contributed by atoms with Crippen molar-refractivity contribution in [3.8, 4) is 0 Å². The number of hydrogen-bond donors (Lipinski definition) is 3. The Kier molecular flexibility index (Phi) is 2.53. The molecule has 14 heavy (non-hydrogen) atoms. The van der Waals surface area contributed by atoms with E-state index in [9.17, 15) is 0 Å². The first kappa shape index (κ1) is 9.98. The molecule has 0 atom stereocenters. The van der Waals surface area contributed by atoms with E-state index in [1.165, 1.54) is 11.3 Å². The highest BCUT2D eigenvalue weighted by atomic mass is 79.9. The normalized spacial score (nSPS) is 10.8. The molecule has 0 spiro atoms. The summed E-state index contributed by atoms with van der Waals surface area (Å²) in [5.74, 6) is 0. The van der Waals surface area contributed by atoms with Crippen LogP contribution in [0.15, 0.2) is 22.7 Å². The summed E-state index contributed by atoms with van der Waals surface area (Å²) >= 11 is 4.74. The van der Waals surface area contributed by atoms with Crippen LogP contribution in [0.2, 0.25) is 0 Å². The number of nitrogen functional groups attached to an aromatic ring is 1. The fraction of sp³-hybridized carbons (Fsp3) is 0. The van der Waals surface area contributed by atoms with Crippen molar-refractivity contribution in [3.63, 3.8) is 0 Å². The number of hydrogen-bond acceptors (Lipinski definition) is 4. The maximum Gasteiger partial charge on any atom is 0.489 e. The van der Waals surface area contributed by atoms with Crippen LogP contribution in [0.4, 0.5) is 5.00 Å². The van der Waals surface area contributed by atoms with Crippen molar-refractivity contribution in [3.05, 3.63) is 22.7 Å². The number of benzene rings is 1. The van der Waals surface area contributed by atoms with Crippen LogP contribution < -0.4 is 11.2 Å². The van der Waals surface area contributed by atoms with E-state index < -0.39 is 7.12 Å². The Morgan fingerprint density at radius 1 is 1.29 bits per heavy atom. The minimum Gasteiger partial charge on any atom is -0.423 e. The highest BCUT2D eigenvalue weighted by Crippen LogP contribution is 2.28. The van der Waals surface area contributed by atoms with E-state index in [1.807, 2.05) is 12.1 Å². The molecule has 1 aromatic carbocycles. The highest BCUT2D eigenvalue weighted by Gasteiger charge is 2.16. The van der Waals surface area contributed by atoms with E-state index in [4.69, 9.17) is 15.8 Å². The van der Waals surface area contributed by atoms with Crippen LogP contribution >= 0.6 is 27.3 Å². The van der Waals surface area contributed by atoms with Gasteiger partial charge in [-0.15, -0.1) is 11.3 Å². The van der Waals surface area contributed by atoms with Gasteiger partial charge >= 0.3 is 7.12 Å². The zero-order chi connectivity index (χ0) is 10.3. The van der Waals surface area contributed by atoms with Crippen molar-refractivity contribution in [2.45, 2.75) is 0 Å². The van der Waals surface area contributed by atoms with Crippen LogP contribution in [0.3, 0.4) is 0 Å². The van der Waals surface area contributed by atoms with Gasteiger partial charge in [0, 0.05) is 9.17 Å². The largest absolute Gasteiger partial charge is 0.489 e. The first-order chi connectivity index (χ1) is 6.58. The molecule has 0 aliphatic rings. The van der Waals surface area contributed by atoms with Gasteiger partial charge in [0.05, 0.1) is 5.00 Å². The minimum atomic E-state index is -1.46. The van der Waals surface area contributed by atoms with E-state index in [1.54, 1.807) is 6.07 Å². The third-order valence-electron chi connectivity index (χ3n) is 1.93. The van der Waals surface area contributed by atoms with Crippen LogP contribution in [0.25, 0.3) is 10.1 Å². The monoisotopic (exact) mass is 271 g/mol. The first-order valence-corrected chi connectivity index (χ1v) is 5.53. The maximum atomic E-state index is 9.07. The lowest BCUT2D eigenvalue weighted by molar-refractivity contribution is 0.425. The first-order valence-electron chi connectivity index (χ1n) is 3.92. The fourth-order valence-electron chi connectivity index (χ4n) is 1.30. The molecule has 0 fully saturated rings. The predicted molar refractivity (Wildman–Crippen MR) is 63.8 cm³/mol. The molecule has 3 nitrogen and oxygen atoms in total. The van der Waals surface area contributed by atoms with Crippen LogP contribution in [0.5, 0.6) is 0 Å². The third kappa shape index (κ3) is 1.66. The Morgan fingerprint density at radius 2 is 2.00 bits per heavy atom. The van der Waals surface area contributed by atoms with Gasteiger partial charge in [0.1, 0.15) is 0 Å². The average molecular weight is 272 g/mol. The lowest BCUT2D eigenvalue weighted by atomic mass is 9.80. The third-order valence-corrected chi connectivity index (χ3v) is 3.55. The quantitative estimate of drug-likeness (QED) is 0.676. The molecule has 0 bridgehead atoms. The van der Waals surface area contributed by atoms with E-state index >= 15 is 0 Å². The molecule has 2 aromatic rings. The molecule has 72 valence electrons. The number of halogens is 1. The average Bonchev–Trinajstić information content (AvgIpc) is 2.42. The smallest absolute Gasteiger partial charge is 0.423 e. The minimum absolute atomic E-state index is 0.454. The molecule has 0 aliphatic carbocycles. The lowest BCUT2D eigenvalue weighted by Gasteiger charge is -2.02. The number of rotatable bonds is 1. The zero-order valence-corrected chi connectivity index (χ0v) is 9.47. The van der Waals surface area contributed by atoms with Gasteiger partial charge in [-0.3, -0.25) is 0 Å². The summed E-state index contributed by atoms with van der Waals surface area (Å²) in [5.41, 5.74) is 6.10. The van der Waals surface area contributed by atoms with Gasteiger partial charge in [0.25, 0.3) is 0 Å². The fourth-order valence-corrected chi connectivity index (χ4v) is 2.85. The number of fused-ring (bicyclic) bond motifs is 1. The molecular weight excluding hydrogens is 265 g/mol. The van der Waals surface area contributed by atoms with Crippen LogP contribution in [0.1, 0.15) is 0 Å². The van der Waals surface area contributed by atoms with Crippen molar-refractivity contribution in [2.24, 2.45) is 0 Å². The van der Waals surface area contributed by atoms with Crippen molar-refractivity contribution in [1.29, 1.82) is 0 Å². The van der Waals surface area contributed by atoms with Crippen molar-refractivity contribution in [1.82, 2.24) is 0 Å². The Morgan fingerprint density at radius 3 is 2.64 bits per heavy atom. The molecule has 4 N–H and O–H groups in total. The summed E-state index contributed by atoms with van der Waals surface area (Å²) in [5, 5.41) is 19.8. The summed E-state index contributed by atoms with van der Waals surface area (Å²) in [7, 11) is -1.46. The molecule has 1 aromatic heterocycles. The Labute approximate surface area is 93.4 Å². The van der Waals surface area contributed by atoms with Gasteiger partial charge in [0.2, 0.25) is 0 Å². The molecule has 0 aliphatic heterocycles. The molecule has 0 radical (unpaired) electrons. The predicted octanol–water partition coefficient (Wildman–Crippen LogP) is 0.926. The summed E-state index contributed by atoms with van der Waals surface area (Å²) < 4.78 is 1.71. The second-order valence-corrected chi connectivity index (χ2v) is 4.90. The molecule has 0 amide bonds. The van der Waals surface area contributed by atoms with Gasteiger partial charge < -0.3 is 15.8 Å². The van der Waals surface area contributed by atoms with E-state index in [0.29, 0.717) is 9.94 Å². The number of nitrogens with two attached hydrogens (primary N) is 1. The van der Waals surface area contributed by atoms with Crippen molar-refractivity contribution in [2.75, 3.05) is 5.73 Å². The van der Waals surface area contributed by atoms with E-state index in [2.05, 4.69) is 15.9 Å². The van der Waals surface area contributed by atoms with Gasteiger partial charge in [0.15, 0.2) is 0 Å². The standard InChI is InChI=1S/C8H7BBrNO2S/c10-6-3-7-4(2-8(11)14-7)1-5(6)9(12)13/h1-3,12-13H,11H2. The summed E-state index contributed by atoms with van der Waals surface area (Å²) in [6.45, 7) is 0. The van der Waals surface area contributed by atoms with Crippen LogP contribution in [-0.2, 0) is 0 Å². The van der Waals surface area contributed by atoms with Gasteiger partial charge in [-0.1, -0.05) is 22.0 Å². The molecular formula is C8H7BBrNO2S. The molecule has 0 saturated heterocycles. The lowest BCUT2D eigenvalue weighted by Crippen LogP contribution is -2.30. The molecule has 2 rings (SSSR count). The molecule has 6 heteroatoms. The Hall–Kier alpha value is -0.555. The highest BCUT2D eigenvalue weighted by molar-refractivity contribution is 9.10. The van der Waals surface area contributed by atoms with Gasteiger partial charge in [-0.25, -0.2) is 0 Å². The summed E-state index contributed by atoms with van der Waals surface area (Å²) in [6, 6.07) is 5.38. The van der Waals surface area contributed by atoms with Crippen LogP contribution in [0, 0.1) is 0 Å². The van der Waals surface area contributed by atoms with Gasteiger partial charge in [-0.05, 0) is 23.0 Å². The van der Waals surface area contributed by atoms with Crippen LogP contribution in [-0.4, -0.2) is 17.2 Å². The number of anilines is 1. The second-order valence-electron chi connectivity index (χ2n) is 2.93. The van der Waals surface area contributed by atoms with Crippen molar-refractivity contribution >= 4 is 54.9 Å². The molecule has 1 heterocycles. The molecule has 0 unspecified atom stereocenters. The Bertz CT molecular complexity index is 485. The van der Waals surface area contributed by atoms with E-state index in [-0.39, 0.29) is 0 Å². The maximum absolute atomic E-state index is 9.07. The van der Waals surface area contributed by atoms with E-state index in [0.717, 1.165) is 15.1 Å². The topological polar surface area (TPSA) is 66.5 Å². The summed E-state index contributed by atoms with van der Waals surface area (Å²) in [4.78, 5) is 0. The number of thiophene rings is 1. The van der Waals surface area contributed by atoms with Gasteiger partial charge in [-0.2, -0.15) is 0 Å². The second kappa shape index (κ2) is 3.54. The molecule has 0 saturated carbocycles. The van der Waals surface area contributed by atoms with Crippen molar-refractivity contribution < 1.29 is 10.0 Å². The SMILES string of the molecule is Nc1cc2cc(B(O)O)c(Br)cc2s1. The zero-order valence-electron chi connectivity index (χ0n) is 7.07. The summed E-state index contributed by atoms with van der Waals surface area (Å²) in [6.07, 6.45) is 0.